The van der Waals surface area contributed by atoms with Gasteiger partial charge in [-0.25, -0.2) is 9.78 Å². The summed E-state index contributed by atoms with van der Waals surface area (Å²) in [5.41, 5.74) is -0.743. The van der Waals surface area contributed by atoms with Gasteiger partial charge in [0.05, 0.1) is 0 Å². The minimum Gasteiger partial charge on any atom is -0.478 e. The van der Waals surface area contributed by atoms with Crippen molar-refractivity contribution in [1.29, 1.82) is 0 Å². The third kappa shape index (κ3) is 4.61. The van der Waals surface area contributed by atoms with Gasteiger partial charge in [-0.15, -0.1) is 0 Å². The van der Waals surface area contributed by atoms with E-state index in [0.717, 1.165) is 12.1 Å². The number of aliphatic carboxylic acids is 1. The molecule has 4 nitrogen and oxygen atoms in total. The number of hydrogen-bond donors (Lipinski definition) is 2. The van der Waals surface area contributed by atoms with Crippen LogP contribution in [0, 0.1) is 0 Å². The molecule has 1 aromatic heterocycles. The molecule has 0 aliphatic heterocycles. The first-order valence-electron chi connectivity index (χ1n) is 5.46. The maximum atomic E-state index is 12.5. The molecule has 0 radical (unpaired) electrons. The summed E-state index contributed by atoms with van der Waals surface area (Å²) < 4.78 is 37.6. The minimum absolute atomic E-state index is 0.00215. The third-order valence-corrected chi connectivity index (χ3v) is 2.05. The van der Waals surface area contributed by atoms with E-state index >= 15 is 0 Å². The van der Waals surface area contributed by atoms with E-state index in [2.05, 4.69) is 10.3 Å². The Morgan fingerprint density at radius 1 is 1.42 bits per heavy atom. The number of rotatable bonds is 4. The van der Waals surface area contributed by atoms with E-state index in [1.807, 2.05) is 0 Å². The lowest BCUT2D eigenvalue weighted by molar-refractivity contribution is -0.141. The zero-order valence-corrected chi connectivity index (χ0v) is 10.3. The minimum atomic E-state index is -4.54. The molecule has 2 N–H and O–H groups in total. The van der Waals surface area contributed by atoms with Crippen LogP contribution in [0.3, 0.4) is 0 Å². The Kier molecular flexibility index (Phi) is 4.52. The van der Waals surface area contributed by atoms with Gasteiger partial charge in [0.1, 0.15) is 11.5 Å². The molecular weight excluding hydrogens is 261 g/mol. The summed E-state index contributed by atoms with van der Waals surface area (Å²) in [6.45, 7) is 3.49. The van der Waals surface area contributed by atoms with Crippen molar-refractivity contribution in [3.8, 4) is 0 Å². The van der Waals surface area contributed by atoms with Gasteiger partial charge in [-0.05, 0) is 32.1 Å². The lowest BCUT2D eigenvalue weighted by atomic mass is 10.2. The number of halogens is 3. The Hall–Kier alpha value is -2.05. The second-order valence-corrected chi connectivity index (χ2v) is 4.10. The van der Waals surface area contributed by atoms with E-state index in [0.29, 0.717) is 0 Å². The van der Waals surface area contributed by atoms with Gasteiger partial charge in [-0.1, -0.05) is 0 Å². The molecule has 1 rings (SSSR count). The molecule has 0 aliphatic carbocycles. The number of aromatic nitrogens is 1. The van der Waals surface area contributed by atoms with Crippen LogP contribution in [0.25, 0.3) is 6.08 Å². The van der Waals surface area contributed by atoms with Gasteiger partial charge in [0.15, 0.2) is 0 Å². The SMILES string of the molecule is CC(C)Nc1nc(C(F)(F)F)ccc1/C=C/C(=O)O. The number of alkyl halides is 3. The molecule has 104 valence electrons. The van der Waals surface area contributed by atoms with Crippen LogP contribution in [-0.4, -0.2) is 22.1 Å². The highest BCUT2D eigenvalue weighted by atomic mass is 19.4. The molecule has 1 heterocycles. The first-order valence-corrected chi connectivity index (χ1v) is 5.46. The number of nitrogens with one attached hydrogen (secondary N) is 1. The quantitative estimate of drug-likeness (QED) is 0.828. The summed E-state index contributed by atoms with van der Waals surface area (Å²) >= 11 is 0. The molecule has 0 fully saturated rings. The fourth-order valence-electron chi connectivity index (χ4n) is 1.31. The van der Waals surface area contributed by atoms with Crippen molar-refractivity contribution in [3.63, 3.8) is 0 Å². The highest BCUT2D eigenvalue weighted by Gasteiger charge is 2.32. The fraction of sp³-hybridized carbons (Fsp3) is 0.333. The predicted octanol–water partition coefficient (Wildman–Crippen LogP) is 3.02. The number of anilines is 1. The maximum Gasteiger partial charge on any atom is 0.433 e. The van der Waals surface area contributed by atoms with Crippen molar-refractivity contribution in [3.05, 3.63) is 29.5 Å². The number of carboxylic acid groups (broad SMARTS) is 1. The lowest BCUT2D eigenvalue weighted by Gasteiger charge is -2.14. The van der Waals surface area contributed by atoms with Crippen molar-refractivity contribution in [2.24, 2.45) is 0 Å². The van der Waals surface area contributed by atoms with Crippen LogP contribution in [-0.2, 0) is 11.0 Å². The van der Waals surface area contributed by atoms with E-state index in [1.54, 1.807) is 13.8 Å². The Bertz CT molecular complexity index is 496. The average Bonchev–Trinajstić information content (AvgIpc) is 2.25. The van der Waals surface area contributed by atoms with Crippen LogP contribution in [0.4, 0.5) is 19.0 Å². The predicted molar refractivity (Wildman–Crippen MR) is 64.7 cm³/mol. The van der Waals surface area contributed by atoms with E-state index in [9.17, 15) is 18.0 Å². The average molecular weight is 274 g/mol. The van der Waals surface area contributed by atoms with E-state index in [-0.39, 0.29) is 17.4 Å². The van der Waals surface area contributed by atoms with Crippen molar-refractivity contribution in [2.75, 3.05) is 5.32 Å². The molecular formula is C12H13F3N2O2. The molecule has 0 saturated carbocycles. The van der Waals surface area contributed by atoms with Gasteiger partial charge in [-0.3, -0.25) is 0 Å². The first-order chi connectivity index (χ1) is 8.70. The number of hydrogen-bond acceptors (Lipinski definition) is 3. The van der Waals surface area contributed by atoms with Crippen LogP contribution in [0.15, 0.2) is 18.2 Å². The highest BCUT2D eigenvalue weighted by Crippen LogP contribution is 2.30. The standard InChI is InChI=1S/C12H13F3N2O2/c1-7(2)16-11-8(4-6-10(18)19)3-5-9(17-11)12(13,14)15/h3-7H,1-2H3,(H,16,17)(H,18,19)/b6-4+. The highest BCUT2D eigenvalue weighted by molar-refractivity contribution is 5.86. The molecule has 0 atom stereocenters. The molecule has 0 spiro atoms. The molecule has 19 heavy (non-hydrogen) atoms. The second-order valence-electron chi connectivity index (χ2n) is 4.10. The van der Waals surface area contributed by atoms with Gasteiger partial charge in [-0.2, -0.15) is 13.2 Å². The van der Waals surface area contributed by atoms with Crippen LogP contribution in [0.2, 0.25) is 0 Å². The Morgan fingerprint density at radius 3 is 2.53 bits per heavy atom. The van der Waals surface area contributed by atoms with Crippen molar-refractivity contribution >= 4 is 17.9 Å². The monoisotopic (exact) mass is 274 g/mol. The Labute approximate surface area is 108 Å². The Morgan fingerprint density at radius 2 is 2.05 bits per heavy atom. The summed E-state index contributed by atoms with van der Waals surface area (Å²) in [5, 5.41) is 11.3. The zero-order valence-electron chi connectivity index (χ0n) is 10.3. The van der Waals surface area contributed by atoms with Gasteiger partial charge in [0.2, 0.25) is 0 Å². The number of pyridine rings is 1. The van der Waals surface area contributed by atoms with Gasteiger partial charge in [0, 0.05) is 17.7 Å². The van der Waals surface area contributed by atoms with Crippen molar-refractivity contribution in [1.82, 2.24) is 4.98 Å². The smallest absolute Gasteiger partial charge is 0.433 e. The first kappa shape index (κ1) is 15.0. The summed E-state index contributed by atoms with van der Waals surface area (Å²) in [7, 11) is 0. The summed E-state index contributed by atoms with van der Waals surface area (Å²) in [6, 6.07) is 1.86. The number of carbonyl (C=O) groups is 1. The molecule has 1 aromatic rings. The molecule has 0 amide bonds. The van der Waals surface area contributed by atoms with Crippen LogP contribution >= 0.6 is 0 Å². The topological polar surface area (TPSA) is 62.2 Å². The second kappa shape index (κ2) is 5.73. The van der Waals surface area contributed by atoms with Gasteiger partial charge in [0.25, 0.3) is 0 Å². The van der Waals surface area contributed by atoms with Crippen molar-refractivity contribution in [2.45, 2.75) is 26.1 Å². The molecule has 0 aromatic carbocycles. The summed E-state index contributed by atoms with van der Waals surface area (Å²) in [6.07, 6.45) is -2.50. The Balaban J connectivity index is 3.20. The van der Waals surface area contributed by atoms with Crippen LogP contribution < -0.4 is 5.32 Å². The molecule has 0 aliphatic rings. The molecule has 0 saturated heterocycles. The summed E-state index contributed by atoms with van der Waals surface area (Å²) in [5.74, 6) is -1.18. The maximum absolute atomic E-state index is 12.5. The lowest BCUT2D eigenvalue weighted by Crippen LogP contribution is -2.15. The molecule has 0 unspecified atom stereocenters. The zero-order chi connectivity index (χ0) is 14.6. The molecule has 0 bridgehead atoms. The van der Waals surface area contributed by atoms with E-state index in [1.165, 1.54) is 12.1 Å². The summed E-state index contributed by atoms with van der Waals surface area (Å²) in [4.78, 5) is 13.9. The van der Waals surface area contributed by atoms with Gasteiger partial charge < -0.3 is 10.4 Å². The largest absolute Gasteiger partial charge is 0.478 e. The third-order valence-electron chi connectivity index (χ3n) is 2.05. The number of carboxylic acids is 1. The van der Waals surface area contributed by atoms with E-state index < -0.39 is 17.8 Å². The van der Waals surface area contributed by atoms with Crippen molar-refractivity contribution < 1.29 is 23.1 Å². The fourth-order valence-corrected chi connectivity index (χ4v) is 1.31. The van der Waals surface area contributed by atoms with Crippen LogP contribution in [0.5, 0.6) is 0 Å². The normalized spacial score (nSPS) is 12.1. The van der Waals surface area contributed by atoms with Crippen LogP contribution in [0.1, 0.15) is 25.1 Å². The molecule has 7 heteroatoms. The number of nitrogens with zero attached hydrogens (tertiary/aromatic N) is 1. The van der Waals surface area contributed by atoms with Gasteiger partial charge >= 0.3 is 12.1 Å². The van der Waals surface area contributed by atoms with E-state index in [4.69, 9.17) is 5.11 Å².